The summed E-state index contributed by atoms with van der Waals surface area (Å²) in [6.45, 7) is 3.82. The van der Waals surface area contributed by atoms with Gasteiger partial charge in [-0.3, -0.25) is 4.79 Å². The zero-order chi connectivity index (χ0) is 16.5. The maximum absolute atomic E-state index is 12.7. The van der Waals surface area contributed by atoms with Gasteiger partial charge in [0.15, 0.2) is 11.3 Å². The van der Waals surface area contributed by atoms with E-state index in [1.807, 2.05) is 25.1 Å². The van der Waals surface area contributed by atoms with Crippen molar-refractivity contribution in [2.45, 2.75) is 19.8 Å². The van der Waals surface area contributed by atoms with E-state index in [9.17, 15) is 4.79 Å². The summed E-state index contributed by atoms with van der Waals surface area (Å²) in [4.78, 5) is 23.5. The van der Waals surface area contributed by atoms with Crippen molar-refractivity contribution in [2.75, 3.05) is 23.3 Å². The molecule has 24 heavy (non-hydrogen) atoms. The van der Waals surface area contributed by atoms with Crippen LogP contribution >= 0.6 is 0 Å². The summed E-state index contributed by atoms with van der Waals surface area (Å²) in [7, 11) is 0. The number of nitrogens with one attached hydrogen (secondary N) is 1. The molecule has 4 rings (SSSR count). The van der Waals surface area contributed by atoms with E-state index in [1.54, 1.807) is 22.8 Å². The molecule has 122 valence electrons. The number of carbonyl (C=O) groups excluding carboxylic acids is 1. The Morgan fingerprint density at radius 1 is 1.17 bits per heavy atom. The molecule has 0 aromatic carbocycles. The van der Waals surface area contributed by atoms with E-state index in [1.165, 1.54) is 12.8 Å². The summed E-state index contributed by atoms with van der Waals surface area (Å²) in [5.74, 6) is 1.13. The molecule has 0 radical (unpaired) electrons. The Kier molecular flexibility index (Phi) is 3.60. The summed E-state index contributed by atoms with van der Waals surface area (Å²) >= 11 is 0. The Morgan fingerprint density at radius 2 is 2.00 bits per heavy atom. The number of anilines is 2. The van der Waals surface area contributed by atoms with Crippen LogP contribution in [0.5, 0.6) is 0 Å². The minimum Gasteiger partial charge on any atom is -0.355 e. The van der Waals surface area contributed by atoms with Gasteiger partial charge in [-0.05, 0) is 44.0 Å². The molecule has 3 aromatic rings. The number of imidazole rings is 1. The predicted octanol–water partition coefficient (Wildman–Crippen LogP) is 2.29. The normalized spacial score (nSPS) is 14.3. The van der Waals surface area contributed by atoms with Gasteiger partial charge in [0.1, 0.15) is 11.6 Å². The van der Waals surface area contributed by atoms with Gasteiger partial charge in [-0.2, -0.15) is 0 Å². The molecule has 7 nitrogen and oxygen atoms in total. The largest absolute Gasteiger partial charge is 0.355 e. The number of amides is 1. The predicted molar refractivity (Wildman–Crippen MR) is 91.4 cm³/mol. The van der Waals surface area contributed by atoms with Gasteiger partial charge in [-0.1, -0.05) is 6.07 Å². The van der Waals surface area contributed by atoms with E-state index in [0.29, 0.717) is 22.9 Å². The zero-order valence-corrected chi connectivity index (χ0v) is 13.4. The first kappa shape index (κ1) is 14.6. The lowest BCUT2D eigenvalue weighted by Gasteiger charge is -2.16. The fourth-order valence-electron chi connectivity index (χ4n) is 3.02. The van der Waals surface area contributed by atoms with Gasteiger partial charge < -0.3 is 10.2 Å². The first-order valence-corrected chi connectivity index (χ1v) is 8.06. The molecule has 7 heteroatoms. The summed E-state index contributed by atoms with van der Waals surface area (Å²) in [6, 6.07) is 9.25. The number of pyridine rings is 1. The van der Waals surface area contributed by atoms with E-state index in [0.717, 1.165) is 18.9 Å². The fraction of sp³-hybridized carbons (Fsp3) is 0.294. The second-order valence-electron chi connectivity index (χ2n) is 5.87. The highest BCUT2D eigenvalue weighted by Crippen LogP contribution is 2.20. The van der Waals surface area contributed by atoms with Crippen LogP contribution in [-0.4, -0.2) is 38.6 Å². The van der Waals surface area contributed by atoms with Crippen LogP contribution in [0.25, 0.3) is 5.65 Å². The number of aryl methyl sites for hydroxylation is 1. The molecule has 0 aliphatic carbocycles. The molecule has 0 saturated carbocycles. The molecular formula is C17H18N6O. The van der Waals surface area contributed by atoms with Crippen molar-refractivity contribution in [3.05, 3.63) is 47.9 Å². The SMILES string of the molecule is Cc1nc2ccc(N3CCCC3)nn2c1C(=O)Nc1ccccn1. The molecule has 4 heterocycles. The Balaban J connectivity index is 1.72. The summed E-state index contributed by atoms with van der Waals surface area (Å²) in [6.07, 6.45) is 3.99. The third-order valence-corrected chi connectivity index (χ3v) is 4.19. The van der Waals surface area contributed by atoms with Gasteiger partial charge in [-0.25, -0.2) is 14.5 Å². The Morgan fingerprint density at radius 3 is 2.75 bits per heavy atom. The van der Waals surface area contributed by atoms with Gasteiger partial charge in [0.05, 0.1) is 5.69 Å². The maximum atomic E-state index is 12.7. The Hall–Kier alpha value is -2.96. The molecule has 1 aliphatic heterocycles. The van der Waals surface area contributed by atoms with E-state index in [4.69, 9.17) is 0 Å². The second-order valence-corrected chi connectivity index (χ2v) is 5.87. The number of carbonyl (C=O) groups is 1. The van der Waals surface area contributed by atoms with Crippen LogP contribution < -0.4 is 10.2 Å². The minimum atomic E-state index is -0.259. The summed E-state index contributed by atoms with van der Waals surface area (Å²) in [5.41, 5.74) is 1.76. The van der Waals surface area contributed by atoms with E-state index < -0.39 is 0 Å². The van der Waals surface area contributed by atoms with Crippen molar-refractivity contribution in [2.24, 2.45) is 0 Å². The average Bonchev–Trinajstić information content (AvgIpc) is 3.21. The number of aromatic nitrogens is 4. The molecule has 1 amide bonds. The highest BCUT2D eigenvalue weighted by atomic mass is 16.2. The molecule has 1 fully saturated rings. The summed E-state index contributed by atoms with van der Waals surface area (Å²) < 4.78 is 1.63. The third-order valence-electron chi connectivity index (χ3n) is 4.19. The van der Waals surface area contributed by atoms with Crippen molar-refractivity contribution in [1.82, 2.24) is 19.6 Å². The highest BCUT2D eigenvalue weighted by molar-refractivity contribution is 6.03. The smallest absolute Gasteiger partial charge is 0.277 e. The van der Waals surface area contributed by atoms with Crippen LogP contribution in [0.15, 0.2) is 36.5 Å². The van der Waals surface area contributed by atoms with E-state index >= 15 is 0 Å². The number of rotatable bonds is 3. The molecule has 0 spiro atoms. The lowest BCUT2D eigenvalue weighted by atomic mass is 10.3. The van der Waals surface area contributed by atoms with E-state index in [-0.39, 0.29) is 5.91 Å². The average molecular weight is 322 g/mol. The van der Waals surface area contributed by atoms with E-state index in [2.05, 4.69) is 25.3 Å². The monoisotopic (exact) mass is 322 g/mol. The van der Waals surface area contributed by atoms with Crippen molar-refractivity contribution in [3.8, 4) is 0 Å². The van der Waals surface area contributed by atoms with Crippen LogP contribution in [0.3, 0.4) is 0 Å². The first-order valence-electron chi connectivity index (χ1n) is 8.06. The third kappa shape index (κ3) is 2.58. The zero-order valence-electron chi connectivity index (χ0n) is 13.4. The molecule has 1 aliphatic rings. The van der Waals surface area contributed by atoms with Crippen LogP contribution in [0.2, 0.25) is 0 Å². The van der Waals surface area contributed by atoms with Crippen molar-refractivity contribution in [1.29, 1.82) is 0 Å². The lowest BCUT2D eigenvalue weighted by molar-refractivity contribution is 0.101. The maximum Gasteiger partial charge on any atom is 0.277 e. The molecule has 1 N–H and O–H groups in total. The number of hydrogen-bond acceptors (Lipinski definition) is 5. The standard InChI is InChI=1S/C17H18N6O/c1-12-16(17(24)20-13-6-2-3-9-18-13)23-14(19-12)7-8-15(21-23)22-10-4-5-11-22/h2-3,6-9H,4-5,10-11H2,1H3,(H,18,20,24). The van der Waals surface area contributed by atoms with Gasteiger partial charge in [-0.15, -0.1) is 5.10 Å². The van der Waals surface area contributed by atoms with Gasteiger partial charge in [0.25, 0.3) is 5.91 Å². The molecule has 1 saturated heterocycles. The van der Waals surface area contributed by atoms with Crippen LogP contribution in [0.1, 0.15) is 29.0 Å². The number of hydrogen-bond donors (Lipinski definition) is 1. The van der Waals surface area contributed by atoms with Crippen LogP contribution in [-0.2, 0) is 0 Å². The van der Waals surface area contributed by atoms with Crippen molar-refractivity contribution < 1.29 is 4.79 Å². The Bertz CT molecular complexity index is 883. The molecule has 0 bridgehead atoms. The molecular weight excluding hydrogens is 304 g/mol. The van der Waals surface area contributed by atoms with Gasteiger partial charge in [0.2, 0.25) is 0 Å². The summed E-state index contributed by atoms with van der Waals surface area (Å²) in [5, 5.41) is 7.44. The highest BCUT2D eigenvalue weighted by Gasteiger charge is 2.20. The van der Waals surface area contributed by atoms with Crippen LogP contribution in [0.4, 0.5) is 11.6 Å². The van der Waals surface area contributed by atoms with Crippen molar-refractivity contribution >= 4 is 23.2 Å². The van der Waals surface area contributed by atoms with Crippen LogP contribution in [0, 0.1) is 6.92 Å². The van der Waals surface area contributed by atoms with Gasteiger partial charge in [0, 0.05) is 19.3 Å². The van der Waals surface area contributed by atoms with Gasteiger partial charge >= 0.3 is 0 Å². The first-order chi connectivity index (χ1) is 11.7. The molecule has 3 aromatic heterocycles. The second kappa shape index (κ2) is 5.92. The topological polar surface area (TPSA) is 75.4 Å². The fourth-order valence-corrected chi connectivity index (χ4v) is 3.02. The number of nitrogens with zero attached hydrogens (tertiary/aromatic N) is 5. The Labute approximate surface area is 139 Å². The lowest BCUT2D eigenvalue weighted by Crippen LogP contribution is -2.21. The molecule has 0 atom stereocenters. The molecule has 0 unspecified atom stereocenters. The minimum absolute atomic E-state index is 0.259. The number of fused-ring (bicyclic) bond motifs is 1. The quantitative estimate of drug-likeness (QED) is 0.801. The van der Waals surface area contributed by atoms with Crippen molar-refractivity contribution in [3.63, 3.8) is 0 Å².